The van der Waals surface area contributed by atoms with Crippen molar-refractivity contribution in [3.8, 4) is 0 Å². The second kappa shape index (κ2) is 21.6. The van der Waals surface area contributed by atoms with Crippen molar-refractivity contribution in [2.24, 2.45) is 5.73 Å². The molecule has 2 aromatic rings. The predicted molar refractivity (Wildman–Crippen MR) is 166 cm³/mol. The molecule has 1 aromatic heterocycles. The minimum absolute atomic E-state index is 0.0550. The van der Waals surface area contributed by atoms with Gasteiger partial charge in [-0.05, 0) is 59.0 Å². The van der Waals surface area contributed by atoms with Crippen molar-refractivity contribution in [3.63, 3.8) is 0 Å². The van der Waals surface area contributed by atoms with Crippen LogP contribution < -0.4 is 22.1 Å². The number of halogens is 7. The molecular weight excluding hydrogens is 634 g/mol. The van der Waals surface area contributed by atoms with Gasteiger partial charge in [-0.25, -0.2) is 13.8 Å². The molecule has 0 aliphatic rings. The molecule has 0 fully saturated rings. The number of nitrogens with two attached hydrogens (primary N) is 2. The van der Waals surface area contributed by atoms with Crippen LogP contribution in [0.1, 0.15) is 59.1 Å². The minimum Gasteiger partial charge on any atom is -0.396 e. The lowest BCUT2D eigenvalue weighted by molar-refractivity contribution is -0.143. The third-order valence-electron chi connectivity index (χ3n) is 4.94. The van der Waals surface area contributed by atoms with E-state index in [1.54, 1.807) is 13.8 Å². The van der Waals surface area contributed by atoms with E-state index in [9.17, 15) is 31.9 Å². The van der Waals surface area contributed by atoms with Gasteiger partial charge in [0.15, 0.2) is 24.0 Å². The molecule has 1 heterocycles. The standard InChI is InChI=1S/C10H5ClF4N2.C8H14ClN3O2.C7H17N.C3H5FO/c11-4-1-2-6-5(3-4)8(16)7(12)9(17-6)10(13,14)15;1-8(2,14)4-12-3-5(6(9)10)7(11)13;1-3-4-5-6-7-8-2;1-3(4)2-5/h1-3H,(H2,16,17);3,10,12,14H,4H2,1-2H3,(H2,11,13);8H,3-7H2,1-2H3;2-3H,1H3/b;5-3+,10-6?;;. The fourth-order valence-corrected chi connectivity index (χ4v) is 3.12. The molecule has 250 valence electrons. The number of carbonyl (C=O) groups is 2. The largest absolute Gasteiger partial charge is 0.436 e. The number of unbranched alkanes of at least 4 members (excludes halogenated alkanes) is 3. The molecule has 0 aliphatic heterocycles. The molecule has 0 bridgehead atoms. The first-order valence-corrected chi connectivity index (χ1v) is 14.0. The summed E-state index contributed by atoms with van der Waals surface area (Å²) in [4.78, 5) is 23.1. The Kier molecular flexibility index (Phi) is 21.1. The van der Waals surface area contributed by atoms with Gasteiger partial charge in [0.2, 0.25) is 0 Å². The van der Waals surface area contributed by atoms with Crippen LogP contribution in [0.5, 0.6) is 0 Å². The van der Waals surface area contributed by atoms with E-state index in [0.29, 0.717) is 0 Å². The molecule has 16 heteroatoms. The van der Waals surface area contributed by atoms with Crippen LogP contribution in [0.25, 0.3) is 10.9 Å². The first-order chi connectivity index (χ1) is 20.2. The summed E-state index contributed by atoms with van der Waals surface area (Å²) in [5, 5.41) is 22.0. The van der Waals surface area contributed by atoms with Crippen molar-refractivity contribution in [1.82, 2.24) is 15.6 Å². The lowest BCUT2D eigenvalue weighted by Gasteiger charge is -2.16. The molecule has 1 atom stereocenters. The first kappa shape index (κ1) is 43.1. The predicted octanol–water partition coefficient (Wildman–Crippen LogP) is 5.89. The second-order valence-corrected chi connectivity index (χ2v) is 10.6. The number of hydrogen-bond donors (Lipinski definition) is 6. The van der Waals surface area contributed by atoms with E-state index >= 15 is 0 Å². The second-order valence-electron chi connectivity index (χ2n) is 9.75. The molecule has 0 spiro atoms. The molecule has 2 rings (SSSR count). The highest BCUT2D eigenvalue weighted by molar-refractivity contribution is 6.71. The number of hydrogen-bond acceptors (Lipinski definition) is 8. The molecule has 0 radical (unpaired) electrons. The van der Waals surface area contributed by atoms with Crippen molar-refractivity contribution >= 4 is 57.2 Å². The van der Waals surface area contributed by atoms with Gasteiger partial charge >= 0.3 is 6.18 Å². The van der Waals surface area contributed by atoms with E-state index < -0.39 is 46.2 Å². The van der Waals surface area contributed by atoms with E-state index in [2.05, 4.69) is 22.5 Å². The normalized spacial score (nSPS) is 12.0. The Morgan fingerprint density at radius 3 is 2.20 bits per heavy atom. The minimum atomic E-state index is -4.88. The molecule has 0 saturated carbocycles. The fourth-order valence-electron chi connectivity index (χ4n) is 2.80. The number of nitrogens with one attached hydrogen (secondary N) is 3. The molecule has 8 N–H and O–H groups in total. The van der Waals surface area contributed by atoms with Gasteiger partial charge < -0.3 is 32.0 Å². The third kappa shape index (κ3) is 19.3. The van der Waals surface area contributed by atoms with Crippen molar-refractivity contribution in [1.29, 1.82) is 5.41 Å². The number of nitrogens with zero attached hydrogens (tertiary/aromatic N) is 1. The summed E-state index contributed by atoms with van der Waals surface area (Å²) >= 11 is 10.9. The summed E-state index contributed by atoms with van der Waals surface area (Å²) in [5.74, 6) is -2.36. The van der Waals surface area contributed by atoms with Gasteiger partial charge in [0, 0.05) is 23.2 Å². The summed E-state index contributed by atoms with van der Waals surface area (Å²) in [5.41, 5.74) is 6.96. The van der Waals surface area contributed by atoms with Crippen LogP contribution >= 0.6 is 23.2 Å². The van der Waals surface area contributed by atoms with Gasteiger partial charge in [-0.2, -0.15) is 13.2 Å². The maximum Gasteiger partial charge on any atom is 0.436 e. The first-order valence-electron chi connectivity index (χ1n) is 13.3. The molecule has 1 amide bonds. The van der Waals surface area contributed by atoms with Crippen molar-refractivity contribution < 1.29 is 36.6 Å². The Balaban J connectivity index is 0. The lowest BCUT2D eigenvalue weighted by atomic mass is 10.1. The third-order valence-corrected chi connectivity index (χ3v) is 5.38. The Morgan fingerprint density at radius 2 is 1.80 bits per heavy atom. The number of benzene rings is 1. The highest BCUT2D eigenvalue weighted by Crippen LogP contribution is 2.35. The number of rotatable bonds is 11. The van der Waals surface area contributed by atoms with Crippen molar-refractivity contribution in [2.45, 2.75) is 71.3 Å². The monoisotopic (exact) mass is 674 g/mol. The molecule has 44 heavy (non-hydrogen) atoms. The van der Waals surface area contributed by atoms with E-state index in [1.165, 1.54) is 63.6 Å². The van der Waals surface area contributed by atoms with E-state index in [-0.39, 0.29) is 34.3 Å². The van der Waals surface area contributed by atoms with Crippen LogP contribution in [0.2, 0.25) is 5.02 Å². The van der Waals surface area contributed by atoms with Crippen molar-refractivity contribution in [2.75, 3.05) is 25.9 Å². The number of aromatic nitrogens is 1. The molecular formula is C28H41Cl2F5N6O3. The van der Waals surface area contributed by atoms with Gasteiger partial charge in [-0.15, -0.1) is 0 Å². The number of anilines is 1. The number of aldehydes is 1. The zero-order chi connectivity index (χ0) is 34.7. The van der Waals surface area contributed by atoms with Crippen LogP contribution in [0.4, 0.5) is 27.6 Å². The van der Waals surface area contributed by atoms with Crippen LogP contribution in [0, 0.1) is 11.2 Å². The van der Waals surface area contributed by atoms with E-state index in [4.69, 9.17) is 44.9 Å². The quantitative estimate of drug-likeness (QED) is 0.0568. The number of aliphatic hydroxyl groups is 1. The number of carbonyl (C=O) groups excluding carboxylic acids is 2. The maximum absolute atomic E-state index is 13.4. The molecule has 9 nitrogen and oxygen atoms in total. The zero-order valence-corrected chi connectivity index (χ0v) is 26.7. The Bertz CT molecular complexity index is 1200. The lowest BCUT2D eigenvalue weighted by Crippen LogP contribution is -2.33. The van der Waals surface area contributed by atoms with Crippen LogP contribution in [-0.4, -0.2) is 59.4 Å². The highest BCUT2D eigenvalue weighted by Gasteiger charge is 2.37. The molecule has 0 aliphatic carbocycles. The fraction of sp³-hybridized carbons (Fsp3) is 0.500. The number of nitrogen functional groups attached to an aromatic ring is 1. The van der Waals surface area contributed by atoms with E-state index in [0.717, 1.165) is 0 Å². The molecule has 1 aromatic carbocycles. The molecule has 1 unspecified atom stereocenters. The molecule has 0 saturated heterocycles. The average molecular weight is 676 g/mol. The van der Waals surface area contributed by atoms with Crippen LogP contribution in [0.15, 0.2) is 30.0 Å². The number of primary amides is 1. The number of pyridine rings is 1. The summed E-state index contributed by atoms with van der Waals surface area (Å²) in [7, 11) is 2.01. The SMILES string of the molecule is CC(C)(O)CN/C=C(\C(=N)Cl)C(N)=O.CC(F)C=O.CCCCCCNC.Nc1c(F)c(C(F)(F)F)nc2ccc(Cl)cc12. The van der Waals surface area contributed by atoms with Gasteiger partial charge in [0.1, 0.15) is 5.17 Å². The maximum atomic E-state index is 13.4. The average Bonchev–Trinajstić information content (AvgIpc) is 2.91. The van der Waals surface area contributed by atoms with E-state index in [1.807, 2.05) is 7.05 Å². The number of fused-ring (bicyclic) bond motifs is 1. The smallest absolute Gasteiger partial charge is 0.396 e. The van der Waals surface area contributed by atoms with Gasteiger partial charge in [-0.3, -0.25) is 10.2 Å². The highest BCUT2D eigenvalue weighted by atomic mass is 35.5. The van der Waals surface area contributed by atoms with Crippen LogP contribution in [-0.2, 0) is 15.8 Å². The zero-order valence-electron chi connectivity index (χ0n) is 25.2. The summed E-state index contributed by atoms with van der Waals surface area (Å²) in [6.07, 6.45) is 0.740. The Labute approximate surface area is 264 Å². The van der Waals surface area contributed by atoms with Crippen LogP contribution in [0.3, 0.4) is 0 Å². The summed E-state index contributed by atoms with van der Waals surface area (Å²) in [6.45, 7) is 8.04. The summed E-state index contributed by atoms with van der Waals surface area (Å²) in [6, 6.07) is 3.87. The van der Waals surface area contributed by atoms with Gasteiger partial charge in [0.05, 0.1) is 22.4 Å². The van der Waals surface area contributed by atoms with Gasteiger partial charge in [-0.1, -0.05) is 49.4 Å². The summed E-state index contributed by atoms with van der Waals surface area (Å²) < 4.78 is 61.8. The Morgan fingerprint density at radius 1 is 1.23 bits per heavy atom. The Hall–Kier alpha value is -3.07. The number of amides is 1. The van der Waals surface area contributed by atoms with Gasteiger partial charge in [0.25, 0.3) is 5.91 Å². The number of alkyl halides is 4. The van der Waals surface area contributed by atoms with Crippen molar-refractivity contribution in [3.05, 3.63) is 46.5 Å². The topological polar surface area (TPSA) is 167 Å².